The minimum Gasteiger partial charge on any atom is -0.383 e. The van der Waals surface area contributed by atoms with Gasteiger partial charge in [-0.05, 0) is 49.9 Å². The molecule has 2 fully saturated rings. The van der Waals surface area contributed by atoms with Gasteiger partial charge in [0.25, 0.3) is 0 Å². The minimum atomic E-state index is 0.271. The number of pyridine rings is 1. The van der Waals surface area contributed by atoms with Crippen LogP contribution in [0.15, 0.2) is 54.9 Å². The van der Waals surface area contributed by atoms with Crippen molar-refractivity contribution in [1.82, 2.24) is 14.3 Å². The number of amides is 1. The Morgan fingerprint density at radius 1 is 1.07 bits per heavy atom. The summed E-state index contributed by atoms with van der Waals surface area (Å²) in [7, 11) is 0. The molecule has 0 bridgehead atoms. The van der Waals surface area contributed by atoms with E-state index in [2.05, 4.69) is 39.0 Å². The number of rotatable bonds is 7. The molecule has 1 aromatic carbocycles. The van der Waals surface area contributed by atoms with E-state index in [9.17, 15) is 4.79 Å². The number of nitrogens with zero attached hydrogens (tertiary/aromatic N) is 3. The third kappa shape index (κ3) is 4.19. The van der Waals surface area contributed by atoms with Crippen molar-refractivity contribution in [3.05, 3.63) is 54.9 Å². The highest BCUT2D eigenvalue weighted by Gasteiger charge is 2.34. The molecule has 30 heavy (non-hydrogen) atoms. The fourth-order valence-corrected chi connectivity index (χ4v) is 4.16. The minimum absolute atomic E-state index is 0.271. The van der Waals surface area contributed by atoms with Crippen LogP contribution in [0.3, 0.4) is 0 Å². The van der Waals surface area contributed by atoms with Crippen molar-refractivity contribution in [1.29, 1.82) is 0 Å². The lowest BCUT2D eigenvalue weighted by molar-refractivity contribution is -0.135. The molecule has 0 radical (unpaired) electrons. The average Bonchev–Trinajstić information content (AvgIpc) is 3.56. The second-order valence-electron chi connectivity index (χ2n) is 8.25. The maximum absolute atomic E-state index is 12.1. The van der Waals surface area contributed by atoms with Gasteiger partial charge in [-0.15, -0.1) is 0 Å². The van der Waals surface area contributed by atoms with Crippen LogP contribution in [0.1, 0.15) is 25.7 Å². The first-order chi connectivity index (χ1) is 14.8. The lowest BCUT2D eigenvalue weighted by Gasteiger charge is -2.32. The number of nitrogens with one attached hydrogen (secondary N) is 1. The Morgan fingerprint density at radius 3 is 2.63 bits per heavy atom. The van der Waals surface area contributed by atoms with Crippen molar-refractivity contribution in [3.63, 3.8) is 0 Å². The molecule has 1 aliphatic carbocycles. The summed E-state index contributed by atoms with van der Waals surface area (Å²) in [5, 5.41) is 3.43. The summed E-state index contributed by atoms with van der Waals surface area (Å²) in [6, 6.07) is 14.5. The molecule has 3 heterocycles. The van der Waals surface area contributed by atoms with Gasteiger partial charge in [0.2, 0.25) is 5.91 Å². The molecule has 6 heteroatoms. The van der Waals surface area contributed by atoms with Crippen LogP contribution >= 0.6 is 0 Å². The Kier molecular flexibility index (Phi) is 5.41. The van der Waals surface area contributed by atoms with Crippen molar-refractivity contribution in [2.75, 3.05) is 31.6 Å². The van der Waals surface area contributed by atoms with Crippen LogP contribution in [-0.2, 0) is 9.53 Å². The number of ether oxygens (including phenoxy) is 1. The van der Waals surface area contributed by atoms with E-state index in [4.69, 9.17) is 4.74 Å². The van der Waals surface area contributed by atoms with Crippen LogP contribution in [0.2, 0.25) is 0 Å². The molecule has 3 aromatic rings. The fraction of sp³-hybridized carbons (Fsp3) is 0.417. The number of anilines is 1. The van der Waals surface area contributed by atoms with Crippen molar-refractivity contribution in [2.45, 2.75) is 31.8 Å². The molecule has 0 spiro atoms. The predicted molar refractivity (Wildman–Crippen MR) is 117 cm³/mol. The largest absolute Gasteiger partial charge is 0.383 e. The molecular weight excluding hydrogens is 376 g/mol. The van der Waals surface area contributed by atoms with E-state index in [1.807, 2.05) is 35.5 Å². The number of imidazole rings is 1. The number of benzene rings is 1. The molecule has 1 N–H and O–H groups in total. The average molecular weight is 405 g/mol. The molecular formula is C24H28N4O2. The first-order valence-electron chi connectivity index (χ1n) is 10.9. The number of fused-ring (bicyclic) bond motifs is 1. The second kappa shape index (κ2) is 8.48. The van der Waals surface area contributed by atoms with Crippen LogP contribution in [0.25, 0.3) is 16.9 Å². The first-order valence-corrected chi connectivity index (χ1v) is 10.9. The maximum atomic E-state index is 12.1. The van der Waals surface area contributed by atoms with Crippen LogP contribution < -0.4 is 5.32 Å². The fourth-order valence-electron chi connectivity index (χ4n) is 4.16. The van der Waals surface area contributed by atoms with Gasteiger partial charge in [0.05, 0.1) is 24.6 Å². The lowest BCUT2D eigenvalue weighted by Crippen LogP contribution is -2.41. The second-order valence-corrected chi connectivity index (χ2v) is 8.25. The van der Waals surface area contributed by atoms with E-state index >= 15 is 0 Å². The summed E-state index contributed by atoms with van der Waals surface area (Å²) in [6.45, 7) is 3.14. The number of aromatic nitrogens is 2. The Labute approximate surface area is 176 Å². The molecule has 156 valence electrons. The number of likely N-dealkylation sites (tertiary alicyclic amines) is 1. The van der Waals surface area contributed by atoms with Crippen molar-refractivity contribution in [2.24, 2.45) is 5.92 Å². The number of piperidine rings is 1. The van der Waals surface area contributed by atoms with Gasteiger partial charge in [0.15, 0.2) is 0 Å². The highest BCUT2D eigenvalue weighted by molar-refractivity contribution is 5.81. The van der Waals surface area contributed by atoms with Gasteiger partial charge in [-0.25, -0.2) is 4.98 Å². The van der Waals surface area contributed by atoms with E-state index in [1.54, 1.807) is 0 Å². The highest BCUT2D eigenvalue weighted by atomic mass is 16.5. The molecule has 1 saturated heterocycles. The van der Waals surface area contributed by atoms with E-state index < -0.39 is 0 Å². The predicted octanol–water partition coefficient (Wildman–Crippen LogP) is 3.83. The molecule has 0 unspecified atom stereocenters. The topological polar surface area (TPSA) is 58.9 Å². The Balaban J connectivity index is 1.06. The molecule has 6 nitrogen and oxygen atoms in total. The first kappa shape index (κ1) is 19.1. The molecule has 2 aromatic heterocycles. The number of carbonyl (C=O) groups excluding carboxylic acids is 1. The monoisotopic (exact) mass is 404 g/mol. The van der Waals surface area contributed by atoms with Gasteiger partial charge < -0.3 is 15.0 Å². The molecule has 1 saturated carbocycles. The molecule has 1 aliphatic heterocycles. The summed E-state index contributed by atoms with van der Waals surface area (Å²) >= 11 is 0. The van der Waals surface area contributed by atoms with Gasteiger partial charge in [-0.3, -0.25) is 9.20 Å². The van der Waals surface area contributed by atoms with Crippen LogP contribution in [0.4, 0.5) is 5.69 Å². The van der Waals surface area contributed by atoms with Crippen molar-refractivity contribution < 1.29 is 9.53 Å². The lowest BCUT2D eigenvalue weighted by atomic mass is 10.1. The van der Waals surface area contributed by atoms with Crippen molar-refractivity contribution in [3.8, 4) is 11.3 Å². The molecule has 1 amide bonds. The smallest absolute Gasteiger partial charge is 0.225 e. The summed E-state index contributed by atoms with van der Waals surface area (Å²) in [5.41, 5.74) is 4.27. The van der Waals surface area contributed by atoms with E-state index in [1.165, 1.54) is 0 Å². The highest BCUT2D eigenvalue weighted by Crippen LogP contribution is 2.32. The standard InChI is InChI=1S/C24H28N4O2/c29-24(19-4-5-19)27-14-10-21(11-15-27)30-16-12-25-20-8-6-18(7-9-20)22-17-26-23-3-1-2-13-28(22)23/h1-3,6-9,13,17,19,21,25H,4-5,10-12,14-16H2. The van der Waals surface area contributed by atoms with Gasteiger partial charge >= 0.3 is 0 Å². The number of hydrogen-bond acceptors (Lipinski definition) is 4. The van der Waals surface area contributed by atoms with Gasteiger partial charge in [0, 0.05) is 43.0 Å². The number of carbonyl (C=O) groups is 1. The zero-order chi connectivity index (χ0) is 20.3. The third-order valence-corrected chi connectivity index (χ3v) is 6.06. The van der Waals surface area contributed by atoms with E-state index in [-0.39, 0.29) is 6.10 Å². The van der Waals surface area contributed by atoms with Crippen LogP contribution in [0.5, 0.6) is 0 Å². The van der Waals surface area contributed by atoms with Gasteiger partial charge in [0.1, 0.15) is 5.65 Å². The summed E-state index contributed by atoms with van der Waals surface area (Å²) in [4.78, 5) is 18.6. The Morgan fingerprint density at radius 2 is 1.87 bits per heavy atom. The normalized spacial score (nSPS) is 17.4. The molecule has 5 rings (SSSR count). The van der Waals surface area contributed by atoms with Crippen molar-refractivity contribution >= 4 is 17.2 Å². The summed E-state index contributed by atoms with van der Waals surface area (Å²) in [5.74, 6) is 0.688. The summed E-state index contributed by atoms with van der Waals surface area (Å²) in [6.07, 6.45) is 8.29. The summed E-state index contributed by atoms with van der Waals surface area (Å²) < 4.78 is 8.12. The van der Waals surface area contributed by atoms with E-state index in [0.29, 0.717) is 18.4 Å². The quantitative estimate of drug-likeness (QED) is 0.608. The Hall–Kier alpha value is -2.86. The number of hydrogen-bond donors (Lipinski definition) is 1. The van der Waals surface area contributed by atoms with E-state index in [0.717, 1.165) is 67.9 Å². The zero-order valence-corrected chi connectivity index (χ0v) is 17.2. The van der Waals surface area contributed by atoms with Gasteiger partial charge in [-0.1, -0.05) is 18.2 Å². The third-order valence-electron chi connectivity index (χ3n) is 6.06. The molecule has 0 atom stereocenters. The Bertz CT molecular complexity index is 1000. The maximum Gasteiger partial charge on any atom is 0.225 e. The SMILES string of the molecule is O=C(C1CC1)N1CCC(OCCNc2ccc(-c3cnc4ccccn34)cc2)CC1. The molecule has 2 aliphatic rings. The van der Waals surface area contributed by atoms with Crippen LogP contribution in [-0.4, -0.2) is 52.5 Å². The zero-order valence-electron chi connectivity index (χ0n) is 17.2. The van der Waals surface area contributed by atoms with Gasteiger partial charge in [-0.2, -0.15) is 0 Å². The van der Waals surface area contributed by atoms with Crippen LogP contribution in [0, 0.1) is 5.92 Å².